The Labute approximate surface area is 192 Å². The molecule has 3 aromatic rings. The van der Waals surface area contributed by atoms with Gasteiger partial charge in [0.2, 0.25) is 11.8 Å². The van der Waals surface area contributed by atoms with Gasteiger partial charge >= 0.3 is 0 Å². The van der Waals surface area contributed by atoms with Crippen LogP contribution in [0.3, 0.4) is 0 Å². The van der Waals surface area contributed by atoms with Crippen molar-refractivity contribution >= 4 is 53.3 Å². The molecule has 11 heteroatoms. The minimum absolute atomic E-state index is 0.0830. The SMILES string of the molecule is COc1ncc(-c2nc(N3CCOCC3)nc3c(Br)csc23)cc1CS(=O)(=O)C1CC1. The van der Waals surface area contributed by atoms with Crippen molar-refractivity contribution in [1.29, 1.82) is 0 Å². The Balaban J connectivity index is 1.62. The first kappa shape index (κ1) is 21.0. The van der Waals surface area contributed by atoms with Crippen molar-refractivity contribution in [1.82, 2.24) is 15.0 Å². The second-order valence-electron chi connectivity index (χ2n) is 7.63. The number of hydrogen-bond donors (Lipinski definition) is 0. The standard InChI is InChI=1S/C20H21BrN4O4S2/c1-28-19-13(11-31(26,27)14-2-3-14)8-12(9-22-19)16-18-17(15(21)10-30-18)24-20(23-16)25-4-6-29-7-5-25/h8-10,14H,2-7,11H2,1H3. The molecule has 0 N–H and O–H groups in total. The number of fused-ring (bicyclic) bond motifs is 1. The highest BCUT2D eigenvalue weighted by Gasteiger charge is 2.36. The zero-order valence-corrected chi connectivity index (χ0v) is 20.1. The predicted octanol–water partition coefficient (Wildman–Crippen LogP) is 3.44. The summed E-state index contributed by atoms with van der Waals surface area (Å²) < 4.78 is 37.9. The highest BCUT2D eigenvalue weighted by atomic mass is 79.9. The Hall–Kier alpha value is -1.82. The quantitative estimate of drug-likeness (QED) is 0.483. The van der Waals surface area contributed by atoms with Gasteiger partial charge in [-0.1, -0.05) is 0 Å². The molecule has 5 rings (SSSR count). The smallest absolute Gasteiger partial charge is 0.226 e. The van der Waals surface area contributed by atoms with E-state index in [4.69, 9.17) is 19.4 Å². The van der Waals surface area contributed by atoms with Crippen molar-refractivity contribution < 1.29 is 17.9 Å². The van der Waals surface area contributed by atoms with E-state index in [2.05, 4.69) is 25.8 Å². The molecular weight excluding hydrogens is 504 g/mol. The number of thiophene rings is 1. The molecule has 0 unspecified atom stereocenters. The molecule has 1 saturated carbocycles. The molecule has 0 amide bonds. The van der Waals surface area contributed by atoms with Crippen molar-refractivity contribution in [3.63, 3.8) is 0 Å². The van der Waals surface area contributed by atoms with Crippen LogP contribution in [0, 0.1) is 0 Å². The van der Waals surface area contributed by atoms with Gasteiger partial charge in [0.05, 0.1) is 46.2 Å². The van der Waals surface area contributed by atoms with E-state index < -0.39 is 9.84 Å². The van der Waals surface area contributed by atoms with E-state index in [1.54, 1.807) is 17.5 Å². The molecule has 31 heavy (non-hydrogen) atoms. The number of morpholine rings is 1. The number of methoxy groups -OCH3 is 1. The van der Waals surface area contributed by atoms with Crippen LogP contribution in [0.1, 0.15) is 18.4 Å². The van der Waals surface area contributed by atoms with Gasteiger partial charge in [0.15, 0.2) is 9.84 Å². The van der Waals surface area contributed by atoms with Gasteiger partial charge in [-0.25, -0.2) is 23.4 Å². The molecule has 0 aromatic carbocycles. The Kier molecular flexibility index (Phi) is 5.61. The molecule has 4 heterocycles. The summed E-state index contributed by atoms with van der Waals surface area (Å²) in [5.41, 5.74) is 2.88. The van der Waals surface area contributed by atoms with Gasteiger partial charge in [-0.05, 0) is 34.8 Å². The largest absolute Gasteiger partial charge is 0.481 e. The van der Waals surface area contributed by atoms with Gasteiger partial charge in [-0.15, -0.1) is 11.3 Å². The maximum Gasteiger partial charge on any atom is 0.226 e. The summed E-state index contributed by atoms with van der Waals surface area (Å²) in [6, 6.07) is 1.84. The van der Waals surface area contributed by atoms with E-state index in [9.17, 15) is 8.42 Å². The molecule has 2 fully saturated rings. The molecule has 0 bridgehead atoms. The van der Waals surface area contributed by atoms with Crippen molar-refractivity contribution in [3.8, 4) is 17.1 Å². The second-order valence-corrected chi connectivity index (χ2v) is 11.6. The number of nitrogens with zero attached hydrogens (tertiary/aromatic N) is 4. The van der Waals surface area contributed by atoms with Gasteiger partial charge in [0.25, 0.3) is 0 Å². The fraction of sp³-hybridized carbons (Fsp3) is 0.450. The van der Waals surface area contributed by atoms with E-state index in [0.717, 1.165) is 51.9 Å². The number of anilines is 1. The van der Waals surface area contributed by atoms with Gasteiger partial charge < -0.3 is 14.4 Å². The Morgan fingerprint density at radius 2 is 2.06 bits per heavy atom. The molecule has 3 aromatic heterocycles. The predicted molar refractivity (Wildman–Crippen MR) is 124 cm³/mol. The Morgan fingerprint density at radius 3 is 2.77 bits per heavy atom. The lowest BCUT2D eigenvalue weighted by molar-refractivity contribution is 0.122. The minimum atomic E-state index is -3.22. The molecule has 1 saturated heterocycles. The summed E-state index contributed by atoms with van der Waals surface area (Å²) in [5.74, 6) is 0.882. The van der Waals surface area contributed by atoms with Crippen molar-refractivity contribution in [2.75, 3.05) is 38.3 Å². The lowest BCUT2D eigenvalue weighted by atomic mass is 10.1. The molecule has 1 aliphatic heterocycles. The van der Waals surface area contributed by atoms with Gasteiger partial charge in [-0.2, -0.15) is 0 Å². The van der Waals surface area contributed by atoms with E-state index in [-0.39, 0.29) is 11.0 Å². The topological polar surface area (TPSA) is 94.5 Å². The van der Waals surface area contributed by atoms with Crippen LogP contribution in [0.5, 0.6) is 5.88 Å². The van der Waals surface area contributed by atoms with Gasteiger partial charge in [0.1, 0.15) is 5.52 Å². The van der Waals surface area contributed by atoms with Crippen LogP contribution < -0.4 is 9.64 Å². The minimum Gasteiger partial charge on any atom is -0.481 e. The van der Waals surface area contributed by atoms with Crippen LogP contribution in [0.15, 0.2) is 22.1 Å². The average Bonchev–Trinajstić information content (AvgIpc) is 3.58. The van der Waals surface area contributed by atoms with E-state index >= 15 is 0 Å². The molecule has 0 spiro atoms. The zero-order chi connectivity index (χ0) is 21.6. The summed E-state index contributed by atoms with van der Waals surface area (Å²) in [7, 11) is -1.71. The van der Waals surface area contributed by atoms with E-state index in [1.165, 1.54) is 7.11 Å². The van der Waals surface area contributed by atoms with E-state index in [1.807, 2.05) is 11.4 Å². The number of sulfone groups is 1. The van der Waals surface area contributed by atoms with Gasteiger partial charge in [0, 0.05) is 35.8 Å². The number of pyridine rings is 1. The van der Waals surface area contributed by atoms with Crippen molar-refractivity contribution in [2.45, 2.75) is 23.8 Å². The summed E-state index contributed by atoms with van der Waals surface area (Å²) >= 11 is 5.14. The monoisotopic (exact) mass is 524 g/mol. The number of hydrogen-bond acceptors (Lipinski definition) is 9. The van der Waals surface area contributed by atoms with Crippen LogP contribution in [0.2, 0.25) is 0 Å². The third-order valence-corrected chi connectivity index (χ3v) is 9.52. The molecule has 2 aliphatic rings. The zero-order valence-electron chi connectivity index (χ0n) is 16.9. The second kappa shape index (κ2) is 8.27. The average molecular weight is 525 g/mol. The molecule has 0 radical (unpaired) electrons. The number of halogens is 1. The lowest BCUT2D eigenvalue weighted by Crippen LogP contribution is -2.37. The lowest BCUT2D eigenvalue weighted by Gasteiger charge is -2.27. The number of aromatic nitrogens is 3. The first-order chi connectivity index (χ1) is 15.0. The van der Waals surface area contributed by atoms with Crippen LogP contribution in [0.4, 0.5) is 5.95 Å². The maximum absolute atomic E-state index is 12.6. The summed E-state index contributed by atoms with van der Waals surface area (Å²) in [6.07, 6.45) is 3.15. The fourth-order valence-electron chi connectivity index (χ4n) is 3.66. The molecule has 8 nitrogen and oxygen atoms in total. The Bertz CT molecular complexity index is 1240. The first-order valence-electron chi connectivity index (χ1n) is 9.98. The van der Waals surface area contributed by atoms with E-state index in [0.29, 0.717) is 30.6 Å². The summed E-state index contributed by atoms with van der Waals surface area (Å²) in [4.78, 5) is 16.1. The third kappa shape index (κ3) is 4.15. The highest BCUT2D eigenvalue weighted by molar-refractivity contribution is 9.10. The Morgan fingerprint density at radius 1 is 1.29 bits per heavy atom. The number of ether oxygens (including phenoxy) is 2. The summed E-state index contributed by atoms with van der Waals surface area (Å²) in [5, 5.41) is 1.74. The number of rotatable bonds is 6. The van der Waals surface area contributed by atoms with Crippen LogP contribution in [-0.4, -0.2) is 62.0 Å². The third-order valence-electron chi connectivity index (χ3n) is 5.44. The molecular formula is C20H21BrN4O4S2. The van der Waals surface area contributed by atoms with Crippen LogP contribution in [-0.2, 0) is 20.3 Å². The molecule has 1 aliphatic carbocycles. The van der Waals surface area contributed by atoms with Crippen LogP contribution >= 0.6 is 27.3 Å². The maximum atomic E-state index is 12.6. The molecule has 164 valence electrons. The summed E-state index contributed by atoms with van der Waals surface area (Å²) in [6.45, 7) is 2.71. The van der Waals surface area contributed by atoms with Crippen molar-refractivity contribution in [3.05, 3.63) is 27.7 Å². The first-order valence-corrected chi connectivity index (χ1v) is 13.4. The highest BCUT2D eigenvalue weighted by Crippen LogP contribution is 2.38. The fourth-order valence-corrected chi connectivity index (χ4v) is 6.96. The van der Waals surface area contributed by atoms with Crippen LogP contribution in [0.25, 0.3) is 21.5 Å². The molecule has 0 atom stereocenters. The van der Waals surface area contributed by atoms with Crippen molar-refractivity contribution in [2.24, 2.45) is 0 Å². The van der Waals surface area contributed by atoms with Gasteiger partial charge in [-0.3, -0.25) is 0 Å². The normalized spacial score (nSPS) is 17.3.